The summed E-state index contributed by atoms with van der Waals surface area (Å²) in [5.74, 6) is -4.43. The van der Waals surface area contributed by atoms with Crippen molar-refractivity contribution in [3.8, 4) is 0 Å². The summed E-state index contributed by atoms with van der Waals surface area (Å²) in [4.78, 5) is 0. The van der Waals surface area contributed by atoms with E-state index in [1.54, 1.807) is 0 Å². The van der Waals surface area contributed by atoms with Crippen LogP contribution in [-0.2, 0) is 9.47 Å². The molecule has 0 aromatic heterocycles. The molecule has 3 rings (SSSR count). The molecule has 0 bridgehead atoms. The topological polar surface area (TPSA) is 18.5 Å². The zero-order chi connectivity index (χ0) is 24.7. The first-order valence-corrected chi connectivity index (χ1v) is 10.8. The molecule has 0 radical (unpaired) electrons. The van der Waals surface area contributed by atoms with E-state index in [0.29, 0.717) is 0 Å². The van der Waals surface area contributed by atoms with Gasteiger partial charge in [-0.2, -0.15) is 8.78 Å². The van der Waals surface area contributed by atoms with Crippen molar-refractivity contribution in [3.05, 3.63) is 0 Å². The van der Waals surface area contributed by atoms with Crippen molar-refractivity contribution in [3.63, 3.8) is 0 Å². The summed E-state index contributed by atoms with van der Waals surface area (Å²) in [5.41, 5.74) is 0. The molecule has 0 saturated heterocycles. The van der Waals surface area contributed by atoms with Crippen LogP contribution in [0, 0.1) is 17.8 Å². The number of halogens is 11. The summed E-state index contributed by atoms with van der Waals surface area (Å²) in [6.45, 7) is 0. The normalized spacial score (nSPS) is 45.7. The molecular weight excluding hydrogens is 481 g/mol. The van der Waals surface area contributed by atoms with Crippen molar-refractivity contribution in [2.75, 3.05) is 0 Å². The Labute approximate surface area is 183 Å². The van der Waals surface area contributed by atoms with Gasteiger partial charge in [-0.1, -0.05) is 0 Å². The molecule has 3 saturated carbocycles. The van der Waals surface area contributed by atoms with Gasteiger partial charge >= 0.3 is 12.5 Å². The van der Waals surface area contributed by atoms with Crippen LogP contribution in [0.25, 0.3) is 0 Å². The summed E-state index contributed by atoms with van der Waals surface area (Å²) < 4.78 is 159. The van der Waals surface area contributed by atoms with Crippen LogP contribution in [0.4, 0.5) is 48.3 Å². The Morgan fingerprint density at radius 1 is 0.576 bits per heavy atom. The molecule has 0 aromatic carbocycles. The minimum atomic E-state index is -5.35. The van der Waals surface area contributed by atoms with Gasteiger partial charge in [0.25, 0.3) is 0 Å². The Morgan fingerprint density at radius 3 is 1.61 bits per heavy atom. The molecule has 33 heavy (non-hydrogen) atoms. The molecule has 3 aliphatic rings. The van der Waals surface area contributed by atoms with Gasteiger partial charge in [-0.15, -0.1) is 13.2 Å². The van der Waals surface area contributed by atoms with Gasteiger partial charge in [-0.05, 0) is 37.5 Å². The molecule has 0 aliphatic heterocycles. The predicted molar refractivity (Wildman–Crippen MR) is 92.9 cm³/mol. The third-order valence-electron chi connectivity index (χ3n) is 6.87. The summed E-state index contributed by atoms with van der Waals surface area (Å²) in [5, 5.41) is 0. The van der Waals surface area contributed by atoms with Crippen molar-refractivity contribution in [2.45, 2.75) is 107 Å². The largest absolute Gasteiger partial charge is 0.522 e. The summed E-state index contributed by atoms with van der Waals surface area (Å²) in [7, 11) is 0. The van der Waals surface area contributed by atoms with Gasteiger partial charge in [0.05, 0.1) is 6.10 Å². The zero-order valence-corrected chi connectivity index (χ0v) is 17.3. The number of ether oxygens (including phenoxy) is 2. The first-order chi connectivity index (χ1) is 15.2. The van der Waals surface area contributed by atoms with Gasteiger partial charge in [-0.3, -0.25) is 4.74 Å². The first kappa shape index (κ1) is 26.7. The Kier molecular flexibility index (Phi) is 8.13. The molecular formula is C20H25F11O2. The highest BCUT2D eigenvalue weighted by molar-refractivity contribution is 4.97. The fourth-order valence-electron chi connectivity index (χ4n) is 5.38. The fourth-order valence-corrected chi connectivity index (χ4v) is 5.38. The minimum Gasteiger partial charge on any atom is -0.317 e. The molecule has 2 nitrogen and oxygen atoms in total. The van der Waals surface area contributed by atoms with E-state index in [-0.39, 0.29) is 12.8 Å². The maximum atomic E-state index is 14.7. The Morgan fingerprint density at radius 2 is 1.12 bits per heavy atom. The molecule has 3 aliphatic carbocycles. The SMILES string of the molecule is FC1CCC(C2CC(F)C(C(F)(F)OC3CC(F)C(OC(F)(F)F)C(F)C3)C(F)C2)C(F)C1. The van der Waals surface area contributed by atoms with Crippen LogP contribution in [0.15, 0.2) is 0 Å². The van der Waals surface area contributed by atoms with Crippen molar-refractivity contribution in [1.82, 2.24) is 0 Å². The second-order valence-corrected chi connectivity index (χ2v) is 9.21. The van der Waals surface area contributed by atoms with Crippen LogP contribution in [0.2, 0.25) is 0 Å². The fraction of sp³-hybridized carbons (Fsp3) is 1.00. The Hall–Kier alpha value is -0.850. The van der Waals surface area contributed by atoms with E-state index < -0.39 is 112 Å². The Balaban J connectivity index is 1.61. The highest BCUT2D eigenvalue weighted by Crippen LogP contribution is 2.49. The summed E-state index contributed by atoms with van der Waals surface area (Å²) in [6, 6.07) is 0. The summed E-state index contributed by atoms with van der Waals surface area (Å²) in [6.07, 6.45) is -31.4. The highest BCUT2D eigenvalue weighted by atomic mass is 19.4. The van der Waals surface area contributed by atoms with E-state index in [4.69, 9.17) is 0 Å². The highest BCUT2D eigenvalue weighted by Gasteiger charge is 2.57. The predicted octanol–water partition coefficient (Wildman–Crippen LogP) is 6.52. The maximum Gasteiger partial charge on any atom is 0.522 e. The average Bonchev–Trinajstić information content (AvgIpc) is 2.62. The van der Waals surface area contributed by atoms with Crippen LogP contribution in [0.1, 0.15) is 44.9 Å². The van der Waals surface area contributed by atoms with E-state index in [1.807, 2.05) is 0 Å². The van der Waals surface area contributed by atoms with Gasteiger partial charge in [-0.25, -0.2) is 26.3 Å². The van der Waals surface area contributed by atoms with E-state index in [9.17, 15) is 48.3 Å². The van der Waals surface area contributed by atoms with Crippen molar-refractivity contribution in [1.29, 1.82) is 0 Å². The Bertz CT molecular complexity index is 624. The van der Waals surface area contributed by atoms with Crippen molar-refractivity contribution in [2.24, 2.45) is 17.8 Å². The van der Waals surface area contributed by atoms with Crippen LogP contribution in [0.3, 0.4) is 0 Å². The molecule has 0 amide bonds. The minimum absolute atomic E-state index is 0.00765. The third-order valence-corrected chi connectivity index (χ3v) is 6.87. The lowest BCUT2D eigenvalue weighted by atomic mass is 9.68. The monoisotopic (exact) mass is 506 g/mol. The number of rotatable bonds is 5. The molecule has 3 fully saturated rings. The molecule has 13 heteroatoms. The van der Waals surface area contributed by atoms with Crippen LogP contribution >= 0.6 is 0 Å². The van der Waals surface area contributed by atoms with Crippen molar-refractivity contribution >= 4 is 0 Å². The lowest BCUT2D eigenvalue weighted by Gasteiger charge is -2.44. The second kappa shape index (κ2) is 10.0. The maximum absolute atomic E-state index is 14.7. The van der Waals surface area contributed by atoms with Crippen LogP contribution < -0.4 is 0 Å². The first-order valence-electron chi connectivity index (χ1n) is 10.8. The standard InChI is InChI=1S/C20H25F11O2/c21-9-1-2-11(12(22)5-9)8-3-13(23)17(14(24)4-8)19(27,28)32-10-6-15(25)18(16(26)7-10)33-20(29,30)31/h8-18H,1-7H2. The van der Waals surface area contributed by atoms with E-state index >= 15 is 0 Å². The molecule has 0 aromatic rings. The summed E-state index contributed by atoms with van der Waals surface area (Å²) >= 11 is 0. The smallest absolute Gasteiger partial charge is 0.317 e. The molecule has 7 unspecified atom stereocenters. The molecule has 7 atom stereocenters. The quantitative estimate of drug-likeness (QED) is 0.396. The molecule has 194 valence electrons. The van der Waals surface area contributed by atoms with Gasteiger partial charge in [0.2, 0.25) is 0 Å². The van der Waals surface area contributed by atoms with Gasteiger partial charge in [0.15, 0.2) is 0 Å². The van der Waals surface area contributed by atoms with Gasteiger partial charge < -0.3 is 4.74 Å². The lowest BCUT2D eigenvalue weighted by Crippen LogP contribution is -2.53. The van der Waals surface area contributed by atoms with Gasteiger partial charge in [0.1, 0.15) is 49.1 Å². The number of hydrogen-bond donors (Lipinski definition) is 0. The second-order valence-electron chi connectivity index (χ2n) is 9.21. The van der Waals surface area contributed by atoms with E-state index in [2.05, 4.69) is 9.47 Å². The molecule has 0 spiro atoms. The molecule has 0 N–H and O–H groups in total. The van der Waals surface area contributed by atoms with E-state index in [0.717, 1.165) is 0 Å². The van der Waals surface area contributed by atoms with E-state index in [1.165, 1.54) is 0 Å². The lowest BCUT2D eigenvalue weighted by molar-refractivity contribution is -0.366. The molecule has 0 heterocycles. The van der Waals surface area contributed by atoms with Crippen molar-refractivity contribution < 1.29 is 57.8 Å². The average molecular weight is 506 g/mol. The van der Waals surface area contributed by atoms with Crippen LogP contribution in [0.5, 0.6) is 0 Å². The zero-order valence-electron chi connectivity index (χ0n) is 17.3. The van der Waals surface area contributed by atoms with Gasteiger partial charge in [0, 0.05) is 19.3 Å². The number of alkyl halides is 11. The van der Waals surface area contributed by atoms with Crippen LogP contribution in [-0.4, -0.2) is 61.7 Å². The number of hydrogen-bond acceptors (Lipinski definition) is 2. The third kappa shape index (κ3) is 6.43.